The minimum absolute atomic E-state index is 0.0794. The number of esters is 1. The van der Waals surface area contributed by atoms with Crippen LogP contribution in [0.2, 0.25) is 0 Å². The number of benzene rings is 2. The summed E-state index contributed by atoms with van der Waals surface area (Å²) in [6, 6.07) is 9.28. The molecule has 0 spiro atoms. The third-order valence-electron chi connectivity index (χ3n) is 5.66. The van der Waals surface area contributed by atoms with Gasteiger partial charge in [0.05, 0.1) is 38.3 Å². The van der Waals surface area contributed by atoms with Gasteiger partial charge in [-0.15, -0.1) is 0 Å². The zero-order valence-electron chi connectivity index (χ0n) is 19.5. The maximum Gasteiger partial charge on any atom is 0.338 e. The summed E-state index contributed by atoms with van der Waals surface area (Å²) in [6.45, 7) is 4.97. The number of hydrogen-bond acceptors (Lipinski definition) is 9. The maximum absolute atomic E-state index is 13.6. The van der Waals surface area contributed by atoms with Gasteiger partial charge in [0.2, 0.25) is 0 Å². The molecule has 11 nitrogen and oxygen atoms in total. The lowest BCUT2D eigenvalue weighted by atomic mass is 9.94. The highest BCUT2D eigenvalue weighted by Gasteiger charge is 2.34. The Bertz CT molecular complexity index is 1620. The van der Waals surface area contributed by atoms with Crippen molar-refractivity contribution in [2.24, 2.45) is 4.99 Å². The van der Waals surface area contributed by atoms with Crippen molar-refractivity contribution in [1.82, 2.24) is 4.57 Å². The second-order valence-corrected chi connectivity index (χ2v) is 8.96. The van der Waals surface area contributed by atoms with Gasteiger partial charge in [0.1, 0.15) is 0 Å². The fraction of sp³-hybridized carbons (Fsp3) is 0.208. The first-order valence-electron chi connectivity index (χ1n) is 10.8. The van der Waals surface area contributed by atoms with E-state index in [1.165, 1.54) is 34.9 Å². The first-order valence-corrected chi connectivity index (χ1v) is 11.6. The van der Waals surface area contributed by atoms with Gasteiger partial charge in [-0.05, 0) is 50.1 Å². The molecule has 0 saturated heterocycles. The first-order chi connectivity index (χ1) is 17.1. The SMILES string of the molecule is CCOC(=O)C1=C(C)N=c2s/c(=C/c3ccc([N+](=O)[O-])cc3)c(=O)n2[C@@H]1c1ccc(C)c([N+](=O)[O-])c1. The van der Waals surface area contributed by atoms with E-state index < -0.39 is 27.4 Å². The molecule has 0 aliphatic carbocycles. The molecule has 0 fully saturated rings. The topological polar surface area (TPSA) is 147 Å². The number of aromatic nitrogens is 1. The largest absolute Gasteiger partial charge is 0.463 e. The van der Waals surface area contributed by atoms with Gasteiger partial charge in [-0.2, -0.15) is 0 Å². The summed E-state index contributed by atoms with van der Waals surface area (Å²) in [5.74, 6) is -0.670. The number of carbonyl (C=O) groups is 1. The van der Waals surface area contributed by atoms with Crippen LogP contribution < -0.4 is 14.9 Å². The number of nitro benzene ring substituents is 2. The number of hydrogen-bond donors (Lipinski definition) is 0. The molecule has 184 valence electrons. The number of allylic oxidation sites excluding steroid dienone is 1. The molecular weight excluding hydrogens is 488 g/mol. The molecule has 2 aromatic carbocycles. The smallest absolute Gasteiger partial charge is 0.338 e. The third kappa shape index (κ3) is 4.45. The Hall–Kier alpha value is -4.45. The van der Waals surface area contributed by atoms with Crippen LogP contribution in [-0.2, 0) is 9.53 Å². The van der Waals surface area contributed by atoms with Crippen molar-refractivity contribution in [3.05, 3.63) is 110 Å². The van der Waals surface area contributed by atoms with Crippen LogP contribution in [0.25, 0.3) is 6.08 Å². The maximum atomic E-state index is 13.6. The second kappa shape index (κ2) is 9.66. The number of fused-ring (bicyclic) bond motifs is 1. The van der Waals surface area contributed by atoms with Crippen molar-refractivity contribution in [3.63, 3.8) is 0 Å². The van der Waals surface area contributed by atoms with Crippen molar-refractivity contribution >= 4 is 34.8 Å². The van der Waals surface area contributed by atoms with Crippen LogP contribution >= 0.6 is 11.3 Å². The fourth-order valence-corrected chi connectivity index (χ4v) is 4.99. The minimum atomic E-state index is -0.987. The Balaban J connectivity index is 1.95. The number of aryl methyl sites for hydroxylation is 1. The van der Waals surface area contributed by atoms with E-state index in [9.17, 15) is 29.8 Å². The van der Waals surface area contributed by atoms with E-state index in [0.717, 1.165) is 11.3 Å². The third-order valence-corrected chi connectivity index (χ3v) is 6.65. The average molecular weight is 509 g/mol. The van der Waals surface area contributed by atoms with E-state index in [2.05, 4.69) is 4.99 Å². The summed E-state index contributed by atoms with van der Waals surface area (Å²) < 4.78 is 6.84. The number of ether oxygens (including phenoxy) is 1. The summed E-state index contributed by atoms with van der Waals surface area (Å²) in [5.41, 5.74) is 1.14. The van der Waals surface area contributed by atoms with Crippen LogP contribution in [0.3, 0.4) is 0 Å². The summed E-state index contributed by atoms with van der Waals surface area (Å²) in [5, 5.41) is 22.5. The van der Waals surface area contributed by atoms with Gasteiger partial charge in [0.15, 0.2) is 4.80 Å². The number of thiazole rings is 1. The number of non-ortho nitro benzene ring substituents is 1. The van der Waals surface area contributed by atoms with Gasteiger partial charge in [-0.3, -0.25) is 29.6 Å². The van der Waals surface area contributed by atoms with E-state index in [1.54, 1.807) is 39.0 Å². The molecule has 1 atom stereocenters. The van der Waals surface area contributed by atoms with Crippen LogP contribution in [0.5, 0.6) is 0 Å². The van der Waals surface area contributed by atoms with E-state index in [4.69, 9.17) is 4.74 Å². The zero-order chi connectivity index (χ0) is 26.1. The molecule has 1 aliphatic heterocycles. The van der Waals surface area contributed by atoms with E-state index in [0.29, 0.717) is 27.2 Å². The molecule has 36 heavy (non-hydrogen) atoms. The van der Waals surface area contributed by atoms with Crippen LogP contribution in [-0.4, -0.2) is 27.0 Å². The lowest BCUT2D eigenvalue weighted by molar-refractivity contribution is -0.385. The highest BCUT2D eigenvalue weighted by Crippen LogP contribution is 2.33. The zero-order valence-corrected chi connectivity index (χ0v) is 20.3. The molecule has 2 heterocycles. The number of nitro groups is 2. The summed E-state index contributed by atoms with van der Waals surface area (Å²) >= 11 is 1.08. The van der Waals surface area contributed by atoms with Gasteiger partial charge in [0, 0.05) is 23.8 Å². The van der Waals surface area contributed by atoms with Gasteiger partial charge in [-0.1, -0.05) is 23.5 Å². The summed E-state index contributed by atoms with van der Waals surface area (Å²) in [6.07, 6.45) is 1.57. The Kier molecular flexibility index (Phi) is 6.62. The van der Waals surface area contributed by atoms with Crippen molar-refractivity contribution in [3.8, 4) is 0 Å². The molecule has 0 bridgehead atoms. The molecule has 4 rings (SSSR count). The highest BCUT2D eigenvalue weighted by atomic mass is 32.1. The fourth-order valence-electron chi connectivity index (χ4n) is 3.94. The quantitative estimate of drug-likeness (QED) is 0.282. The van der Waals surface area contributed by atoms with Crippen molar-refractivity contribution in [2.45, 2.75) is 26.8 Å². The molecule has 0 unspecified atom stereocenters. The molecule has 12 heteroatoms. The Labute approximate surface area is 207 Å². The molecule has 0 amide bonds. The van der Waals surface area contributed by atoms with Gasteiger partial charge >= 0.3 is 5.97 Å². The van der Waals surface area contributed by atoms with E-state index >= 15 is 0 Å². The first kappa shape index (κ1) is 24.7. The molecular formula is C24H20N4O7S. The highest BCUT2D eigenvalue weighted by molar-refractivity contribution is 7.07. The number of rotatable bonds is 6. The van der Waals surface area contributed by atoms with Gasteiger partial charge < -0.3 is 4.74 Å². The molecule has 3 aromatic rings. The van der Waals surface area contributed by atoms with E-state index in [-0.39, 0.29) is 28.1 Å². The lowest BCUT2D eigenvalue weighted by Crippen LogP contribution is -2.40. The molecule has 0 saturated carbocycles. The lowest BCUT2D eigenvalue weighted by Gasteiger charge is -2.24. The van der Waals surface area contributed by atoms with Crippen LogP contribution in [0, 0.1) is 27.2 Å². The van der Waals surface area contributed by atoms with Crippen molar-refractivity contribution in [2.75, 3.05) is 6.61 Å². The predicted molar refractivity (Wildman–Crippen MR) is 131 cm³/mol. The standard InChI is InChI=1S/C24H20N4O7S/c1-4-35-23(30)20-14(3)25-24-26(21(20)16-8-5-13(2)18(12-16)28(33)34)22(29)19(36-24)11-15-6-9-17(10-7-15)27(31)32/h5-12,21H,4H2,1-3H3/b19-11+/t21-/m1/s1. The van der Waals surface area contributed by atoms with Crippen LogP contribution in [0.4, 0.5) is 11.4 Å². The van der Waals surface area contributed by atoms with Crippen molar-refractivity contribution in [1.29, 1.82) is 0 Å². The summed E-state index contributed by atoms with van der Waals surface area (Å²) in [4.78, 5) is 52.8. The Morgan fingerprint density at radius 2 is 1.83 bits per heavy atom. The number of nitrogens with zero attached hydrogens (tertiary/aromatic N) is 4. The minimum Gasteiger partial charge on any atom is -0.463 e. The van der Waals surface area contributed by atoms with Crippen LogP contribution in [0.1, 0.15) is 36.6 Å². The van der Waals surface area contributed by atoms with Crippen LogP contribution in [0.15, 0.2) is 63.5 Å². The second-order valence-electron chi connectivity index (χ2n) is 7.95. The Morgan fingerprint density at radius 3 is 2.44 bits per heavy atom. The number of carbonyl (C=O) groups excluding carboxylic acids is 1. The average Bonchev–Trinajstić information content (AvgIpc) is 3.13. The van der Waals surface area contributed by atoms with Gasteiger partial charge in [-0.25, -0.2) is 9.79 Å². The predicted octanol–water partition coefficient (Wildman–Crippen LogP) is 2.92. The molecule has 0 radical (unpaired) electrons. The molecule has 1 aliphatic rings. The van der Waals surface area contributed by atoms with Crippen molar-refractivity contribution < 1.29 is 19.4 Å². The monoisotopic (exact) mass is 508 g/mol. The molecule has 0 N–H and O–H groups in total. The van der Waals surface area contributed by atoms with E-state index in [1.807, 2.05) is 0 Å². The molecule has 1 aromatic heterocycles. The Morgan fingerprint density at radius 1 is 1.14 bits per heavy atom. The summed E-state index contributed by atoms with van der Waals surface area (Å²) in [7, 11) is 0. The van der Waals surface area contributed by atoms with Gasteiger partial charge in [0.25, 0.3) is 16.9 Å². The normalized spacial score (nSPS) is 15.3.